The molecule has 0 atom stereocenters. The molecule has 0 unspecified atom stereocenters. The summed E-state index contributed by atoms with van der Waals surface area (Å²) in [4.78, 5) is 10.6. The van der Waals surface area contributed by atoms with Crippen LogP contribution < -0.4 is 5.11 Å². The van der Waals surface area contributed by atoms with Gasteiger partial charge < -0.3 is 9.90 Å². The summed E-state index contributed by atoms with van der Waals surface area (Å²) in [6.07, 6.45) is 2.01. The molecule has 0 aromatic rings. The number of carboxylic acids is 1. The smallest absolute Gasteiger partial charge is 0.550 e. The van der Waals surface area contributed by atoms with Crippen molar-refractivity contribution in [3.05, 3.63) is 0 Å². The van der Waals surface area contributed by atoms with E-state index < -0.39 is 11.4 Å². The van der Waals surface area contributed by atoms with Gasteiger partial charge in [-0.05, 0) is 19.3 Å². The molecule has 0 aromatic heterocycles. The predicted molar refractivity (Wildman–Crippen MR) is 38.3 cm³/mol. The third-order valence-electron chi connectivity index (χ3n) is 2.46. The fraction of sp³-hybridized carbons (Fsp3) is 0.875. The van der Waals surface area contributed by atoms with Crippen molar-refractivity contribution in [2.75, 3.05) is 0 Å². The molecule has 0 aliphatic heterocycles. The molecule has 0 saturated heterocycles. The summed E-state index contributed by atoms with van der Waals surface area (Å²) in [5.41, 5.74) is -0.569. The maximum Gasteiger partial charge on any atom is 1.00 e. The normalized spacial score (nSPS) is 10.5. The van der Waals surface area contributed by atoms with Gasteiger partial charge in [-0.1, -0.05) is 20.8 Å². The fourth-order valence-electron chi connectivity index (χ4n) is 1.18. The Balaban J connectivity index is 0. The van der Waals surface area contributed by atoms with Crippen LogP contribution >= 0.6 is 0 Å². The van der Waals surface area contributed by atoms with Crippen LogP contribution in [0.3, 0.4) is 0 Å². The number of carbonyl (C=O) groups excluding carboxylic acids is 1. The molecule has 0 heterocycles. The Bertz CT molecular complexity index is 111. The van der Waals surface area contributed by atoms with Crippen molar-refractivity contribution in [2.45, 2.75) is 40.0 Å². The van der Waals surface area contributed by atoms with Gasteiger partial charge in [0.25, 0.3) is 0 Å². The van der Waals surface area contributed by atoms with E-state index in [0.717, 1.165) is 0 Å². The molecule has 0 rings (SSSR count). The first-order valence-corrected chi connectivity index (χ1v) is 3.84. The number of hydrogen-bond acceptors (Lipinski definition) is 2. The molecule has 0 N–H and O–H groups in total. The van der Waals surface area contributed by atoms with Crippen molar-refractivity contribution in [2.24, 2.45) is 5.41 Å². The average molecular weight is 251 g/mol. The van der Waals surface area contributed by atoms with Crippen LogP contribution in [0, 0.1) is 5.41 Å². The van der Waals surface area contributed by atoms with Crippen LogP contribution in [0.15, 0.2) is 0 Å². The van der Waals surface area contributed by atoms with E-state index in [0.29, 0.717) is 19.3 Å². The van der Waals surface area contributed by atoms with Gasteiger partial charge in [-0.25, -0.2) is 0 Å². The molecule has 0 saturated carbocycles. The van der Waals surface area contributed by atoms with Crippen molar-refractivity contribution in [1.82, 2.24) is 0 Å². The molecule has 11 heavy (non-hydrogen) atoms. The molecular weight excluding hydrogens is 236 g/mol. The molecule has 0 aromatic carbocycles. The van der Waals surface area contributed by atoms with Gasteiger partial charge in [0, 0.05) is 11.4 Å². The first kappa shape index (κ1) is 13.8. The molecule has 0 bridgehead atoms. The quantitative estimate of drug-likeness (QED) is 0.698. The topological polar surface area (TPSA) is 40.1 Å². The Morgan fingerprint density at radius 2 is 1.45 bits per heavy atom. The number of hydrogen-bond donors (Lipinski definition) is 0. The summed E-state index contributed by atoms with van der Waals surface area (Å²) in [6, 6.07) is 0. The van der Waals surface area contributed by atoms with Gasteiger partial charge in [0.05, 0.1) is 0 Å². The zero-order valence-corrected chi connectivity index (χ0v) is 8.72. The number of carbonyl (C=O) groups is 1. The Hall–Kier alpha value is 0.210. The Morgan fingerprint density at radius 3 is 1.45 bits per heavy atom. The first-order valence-electron chi connectivity index (χ1n) is 3.84. The van der Waals surface area contributed by atoms with E-state index in [1.165, 1.54) is 0 Å². The number of rotatable bonds is 4. The Morgan fingerprint density at radius 1 is 1.18 bits per heavy atom. The second-order valence-electron chi connectivity index (χ2n) is 2.63. The van der Waals surface area contributed by atoms with Crippen LogP contribution in [-0.4, -0.2) is 5.97 Å². The van der Waals surface area contributed by atoms with Gasteiger partial charge in [-0.3, -0.25) is 0 Å². The average Bonchev–Trinajstić information content (AvgIpc) is 1.92. The van der Waals surface area contributed by atoms with E-state index in [9.17, 15) is 9.90 Å². The van der Waals surface area contributed by atoms with Crippen LogP contribution in [-0.2, 0) is 27.2 Å². The van der Waals surface area contributed by atoms with Crippen LogP contribution in [0.25, 0.3) is 0 Å². The third-order valence-corrected chi connectivity index (χ3v) is 2.46. The summed E-state index contributed by atoms with van der Waals surface area (Å²) < 4.78 is 0. The molecule has 0 amide bonds. The largest absolute Gasteiger partial charge is 1.00 e. The van der Waals surface area contributed by atoms with Crippen molar-refractivity contribution < 1.29 is 32.3 Å². The maximum atomic E-state index is 10.6. The molecule has 0 spiro atoms. The van der Waals surface area contributed by atoms with E-state index in [4.69, 9.17) is 0 Å². The van der Waals surface area contributed by atoms with Crippen molar-refractivity contribution in [1.29, 1.82) is 0 Å². The van der Waals surface area contributed by atoms with Crippen LogP contribution in [0.1, 0.15) is 40.0 Å². The summed E-state index contributed by atoms with van der Waals surface area (Å²) in [6.45, 7) is 5.68. The zero-order valence-electron chi connectivity index (χ0n) is 7.24. The van der Waals surface area contributed by atoms with Gasteiger partial charge in [-0.15, -0.1) is 0 Å². The SMILES string of the molecule is CCC(CC)(CC)C(=O)[O-].[Ag+]. The van der Waals surface area contributed by atoms with Crippen LogP contribution in [0.4, 0.5) is 0 Å². The molecule has 0 aliphatic rings. The molecule has 0 aliphatic carbocycles. The van der Waals surface area contributed by atoms with Crippen molar-refractivity contribution in [3.8, 4) is 0 Å². The third kappa shape index (κ3) is 2.97. The second-order valence-corrected chi connectivity index (χ2v) is 2.63. The molecule has 0 radical (unpaired) electrons. The van der Waals surface area contributed by atoms with E-state index in [1.807, 2.05) is 20.8 Å². The molecular formula is C8H15AgO2. The molecule has 70 valence electrons. The standard InChI is InChI=1S/C8H16O2.Ag/c1-4-8(5-2,6-3)7(9)10;/h4-6H2,1-3H3,(H,9,10);/q;+1/p-1. The predicted octanol–water partition coefficient (Wildman–Crippen LogP) is 0.950. The maximum absolute atomic E-state index is 10.6. The number of carboxylic acid groups (broad SMARTS) is 1. The number of aliphatic carboxylic acids is 1. The molecule has 3 heteroatoms. The first-order chi connectivity index (χ1) is 4.63. The van der Waals surface area contributed by atoms with Gasteiger partial charge in [0.2, 0.25) is 0 Å². The Labute approximate surface area is 83.9 Å². The van der Waals surface area contributed by atoms with Gasteiger partial charge in [0.1, 0.15) is 0 Å². The minimum atomic E-state index is -0.903. The van der Waals surface area contributed by atoms with E-state index >= 15 is 0 Å². The van der Waals surface area contributed by atoms with E-state index in [-0.39, 0.29) is 22.4 Å². The summed E-state index contributed by atoms with van der Waals surface area (Å²) >= 11 is 0. The van der Waals surface area contributed by atoms with Crippen LogP contribution in [0.2, 0.25) is 0 Å². The van der Waals surface area contributed by atoms with E-state index in [1.54, 1.807) is 0 Å². The minimum absolute atomic E-state index is 0. The minimum Gasteiger partial charge on any atom is -0.550 e. The summed E-state index contributed by atoms with van der Waals surface area (Å²) in [5, 5.41) is 10.6. The Kier molecular flexibility index (Phi) is 7.28. The van der Waals surface area contributed by atoms with Gasteiger partial charge in [-0.2, -0.15) is 0 Å². The zero-order chi connectivity index (χ0) is 8.20. The molecule has 2 nitrogen and oxygen atoms in total. The monoisotopic (exact) mass is 250 g/mol. The summed E-state index contributed by atoms with van der Waals surface area (Å²) in [5.74, 6) is -0.903. The summed E-state index contributed by atoms with van der Waals surface area (Å²) in [7, 11) is 0. The van der Waals surface area contributed by atoms with E-state index in [2.05, 4.69) is 0 Å². The molecule has 0 fully saturated rings. The fourth-order valence-corrected chi connectivity index (χ4v) is 1.18. The van der Waals surface area contributed by atoms with Gasteiger partial charge >= 0.3 is 22.4 Å². The van der Waals surface area contributed by atoms with Crippen molar-refractivity contribution in [3.63, 3.8) is 0 Å². The van der Waals surface area contributed by atoms with Crippen LogP contribution in [0.5, 0.6) is 0 Å². The second kappa shape index (κ2) is 5.81. The van der Waals surface area contributed by atoms with Crippen molar-refractivity contribution >= 4 is 5.97 Å². The van der Waals surface area contributed by atoms with Gasteiger partial charge in [0.15, 0.2) is 0 Å².